The van der Waals surface area contributed by atoms with Gasteiger partial charge in [-0.3, -0.25) is 9.59 Å². The fraction of sp³-hybridized carbons (Fsp3) is 0.636. The summed E-state index contributed by atoms with van der Waals surface area (Å²) in [5.74, 6) is 1.22. The Labute approximate surface area is 160 Å². The molecule has 5 heteroatoms. The van der Waals surface area contributed by atoms with E-state index in [1.807, 2.05) is 12.1 Å². The third kappa shape index (κ3) is 3.01. The Morgan fingerprint density at radius 3 is 2.59 bits per heavy atom. The molecular formula is C22H28O5. The molecule has 2 fully saturated rings. The largest absolute Gasteiger partial charge is 0.504 e. The van der Waals surface area contributed by atoms with Crippen LogP contribution in [0.4, 0.5) is 0 Å². The van der Waals surface area contributed by atoms with Crippen LogP contribution in [-0.2, 0) is 20.7 Å². The van der Waals surface area contributed by atoms with Crippen LogP contribution in [0.15, 0.2) is 12.1 Å². The van der Waals surface area contributed by atoms with Gasteiger partial charge >= 0.3 is 11.9 Å². The molecule has 1 N–H and O–H groups in total. The van der Waals surface area contributed by atoms with Gasteiger partial charge < -0.3 is 14.6 Å². The van der Waals surface area contributed by atoms with Crippen molar-refractivity contribution in [3.63, 3.8) is 0 Å². The Balaban J connectivity index is 1.62. The quantitative estimate of drug-likeness (QED) is 0.625. The van der Waals surface area contributed by atoms with Crippen LogP contribution in [-0.4, -0.2) is 23.1 Å². The predicted octanol–water partition coefficient (Wildman–Crippen LogP) is 4.11. The van der Waals surface area contributed by atoms with E-state index < -0.39 is 5.97 Å². The molecule has 0 radical (unpaired) electrons. The first-order valence-corrected chi connectivity index (χ1v) is 10.0. The van der Waals surface area contributed by atoms with E-state index >= 15 is 0 Å². The average molecular weight is 372 g/mol. The van der Waals surface area contributed by atoms with Gasteiger partial charge in [0.15, 0.2) is 11.5 Å². The third-order valence-electron chi connectivity index (χ3n) is 7.28. The van der Waals surface area contributed by atoms with Crippen molar-refractivity contribution in [3.8, 4) is 11.5 Å². The van der Waals surface area contributed by atoms with Crippen molar-refractivity contribution in [3.05, 3.63) is 23.3 Å². The van der Waals surface area contributed by atoms with E-state index in [1.165, 1.54) is 25.0 Å². The fourth-order valence-electron chi connectivity index (χ4n) is 6.17. The fourth-order valence-corrected chi connectivity index (χ4v) is 6.17. The molecule has 5 atom stereocenters. The Hall–Kier alpha value is -2.04. The molecule has 0 heterocycles. The zero-order valence-corrected chi connectivity index (χ0v) is 16.3. The lowest BCUT2D eigenvalue weighted by Crippen LogP contribution is -2.45. The number of fused-ring (bicyclic) bond motifs is 5. The maximum atomic E-state index is 11.5. The Bertz CT molecular complexity index is 785. The highest BCUT2D eigenvalue weighted by Gasteiger charge is 2.56. The molecule has 27 heavy (non-hydrogen) atoms. The minimum Gasteiger partial charge on any atom is -0.504 e. The standard InChI is InChI=1S/C22H28O5/c1-12(23)26-20-10-14-4-5-16-15(17(14)11-19(20)25)8-9-22(3)18(16)6-7-21(22)27-13(2)24/h10-11,15-16,18,21,25H,4-9H2,1-3H3/t15-,16+,18-,21-,22-/m0/s1. The summed E-state index contributed by atoms with van der Waals surface area (Å²) in [5, 5.41) is 10.4. The van der Waals surface area contributed by atoms with Crippen molar-refractivity contribution in [1.29, 1.82) is 0 Å². The Kier molecular flexibility index (Phi) is 4.44. The summed E-state index contributed by atoms with van der Waals surface area (Å²) in [4.78, 5) is 22.8. The number of aryl methyl sites for hydroxylation is 1. The summed E-state index contributed by atoms with van der Waals surface area (Å²) in [6.07, 6.45) is 6.17. The predicted molar refractivity (Wildman–Crippen MR) is 99.6 cm³/mol. The van der Waals surface area contributed by atoms with Crippen molar-refractivity contribution in [2.75, 3.05) is 0 Å². The van der Waals surface area contributed by atoms with E-state index in [1.54, 1.807) is 0 Å². The molecule has 4 rings (SSSR count). The lowest BCUT2D eigenvalue weighted by molar-refractivity contribution is -0.154. The molecule has 1 aromatic rings. The Morgan fingerprint density at radius 1 is 1.11 bits per heavy atom. The second-order valence-corrected chi connectivity index (χ2v) is 8.75. The highest BCUT2D eigenvalue weighted by Crippen LogP contribution is 2.62. The molecule has 2 saturated carbocycles. The average Bonchev–Trinajstić information content (AvgIpc) is 2.91. The van der Waals surface area contributed by atoms with Crippen LogP contribution in [0.1, 0.15) is 69.9 Å². The monoisotopic (exact) mass is 372 g/mol. The lowest BCUT2D eigenvalue weighted by Gasteiger charge is -2.50. The van der Waals surface area contributed by atoms with Crippen LogP contribution in [0.5, 0.6) is 11.5 Å². The molecule has 3 aliphatic rings. The van der Waals surface area contributed by atoms with Gasteiger partial charge in [0.05, 0.1) is 0 Å². The molecule has 146 valence electrons. The molecule has 0 aromatic heterocycles. The second-order valence-electron chi connectivity index (χ2n) is 8.75. The van der Waals surface area contributed by atoms with E-state index in [0.717, 1.165) is 38.5 Å². The maximum Gasteiger partial charge on any atom is 0.308 e. The molecule has 0 spiro atoms. The molecular weight excluding hydrogens is 344 g/mol. The van der Waals surface area contributed by atoms with Crippen molar-refractivity contribution in [1.82, 2.24) is 0 Å². The number of carbonyl (C=O) groups excluding carboxylic acids is 2. The van der Waals surface area contributed by atoms with Gasteiger partial charge in [0.25, 0.3) is 0 Å². The SMILES string of the molecule is CC(=O)Oc1cc2c(cc1O)[C@H]1CC[C@]3(C)[C@@H](OC(C)=O)CC[C@H]3[C@@H]1CC2. The van der Waals surface area contributed by atoms with Crippen LogP contribution in [0.2, 0.25) is 0 Å². The summed E-state index contributed by atoms with van der Waals surface area (Å²) in [5.41, 5.74) is 2.45. The van der Waals surface area contributed by atoms with Crippen LogP contribution in [0.3, 0.4) is 0 Å². The zero-order valence-electron chi connectivity index (χ0n) is 16.3. The first-order valence-electron chi connectivity index (χ1n) is 10.0. The van der Waals surface area contributed by atoms with Gasteiger partial charge in [-0.15, -0.1) is 0 Å². The van der Waals surface area contributed by atoms with Crippen molar-refractivity contribution in [2.45, 2.75) is 71.3 Å². The van der Waals surface area contributed by atoms with Crippen molar-refractivity contribution >= 4 is 11.9 Å². The highest BCUT2D eigenvalue weighted by molar-refractivity contribution is 5.70. The summed E-state index contributed by atoms with van der Waals surface area (Å²) in [7, 11) is 0. The molecule has 3 aliphatic carbocycles. The van der Waals surface area contributed by atoms with E-state index in [2.05, 4.69) is 6.92 Å². The van der Waals surface area contributed by atoms with Crippen LogP contribution >= 0.6 is 0 Å². The third-order valence-corrected chi connectivity index (χ3v) is 7.28. The number of phenolic OH excluding ortho intramolecular Hbond substituents is 1. The first-order chi connectivity index (χ1) is 12.8. The zero-order chi connectivity index (χ0) is 19.3. The van der Waals surface area contributed by atoms with Gasteiger partial charge in [0.1, 0.15) is 6.10 Å². The minimum atomic E-state index is -0.421. The number of aromatic hydroxyl groups is 1. The molecule has 1 aromatic carbocycles. The summed E-state index contributed by atoms with van der Waals surface area (Å²) >= 11 is 0. The van der Waals surface area contributed by atoms with Gasteiger partial charge in [-0.1, -0.05) is 6.92 Å². The molecule has 0 saturated heterocycles. The van der Waals surface area contributed by atoms with Crippen LogP contribution in [0.25, 0.3) is 0 Å². The molecule has 0 bridgehead atoms. The number of ether oxygens (including phenoxy) is 2. The first kappa shape index (κ1) is 18.3. The van der Waals surface area contributed by atoms with Crippen molar-refractivity contribution in [2.24, 2.45) is 17.3 Å². The van der Waals surface area contributed by atoms with Gasteiger partial charge in [-0.05, 0) is 79.5 Å². The maximum absolute atomic E-state index is 11.5. The molecule has 0 amide bonds. The number of carbonyl (C=O) groups is 2. The van der Waals surface area contributed by atoms with E-state index in [9.17, 15) is 14.7 Å². The summed E-state index contributed by atoms with van der Waals surface area (Å²) in [6, 6.07) is 3.65. The van der Waals surface area contributed by atoms with E-state index in [0.29, 0.717) is 17.8 Å². The van der Waals surface area contributed by atoms with Crippen LogP contribution in [0, 0.1) is 17.3 Å². The van der Waals surface area contributed by atoms with E-state index in [4.69, 9.17) is 9.47 Å². The van der Waals surface area contributed by atoms with Crippen molar-refractivity contribution < 1.29 is 24.2 Å². The normalized spacial score (nSPS) is 34.2. The number of hydrogen-bond acceptors (Lipinski definition) is 5. The number of phenols is 1. The molecule has 0 aliphatic heterocycles. The van der Waals surface area contributed by atoms with Crippen LogP contribution < -0.4 is 4.74 Å². The number of benzene rings is 1. The van der Waals surface area contributed by atoms with Gasteiger partial charge in [-0.25, -0.2) is 0 Å². The Morgan fingerprint density at radius 2 is 1.89 bits per heavy atom. The minimum absolute atomic E-state index is 0.0297. The van der Waals surface area contributed by atoms with Gasteiger partial charge in [0.2, 0.25) is 0 Å². The topological polar surface area (TPSA) is 72.8 Å². The number of esters is 2. The number of rotatable bonds is 2. The van der Waals surface area contributed by atoms with Gasteiger partial charge in [-0.2, -0.15) is 0 Å². The highest BCUT2D eigenvalue weighted by atomic mass is 16.5. The summed E-state index contributed by atoms with van der Waals surface area (Å²) < 4.78 is 10.8. The smallest absolute Gasteiger partial charge is 0.308 e. The lowest BCUT2D eigenvalue weighted by atomic mass is 9.55. The molecule has 0 unspecified atom stereocenters. The second kappa shape index (κ2) is 6.54. The van der Waals surface area contributed by atoms with E-state index in [-0.39, 0.29) is 29.0 Å². The summed E-state index contributed by atoms with van der Waals surface area (Å²) in [6.45, 7) is 5.14. The van der Waals surface area contributed by atoms with Gasteiger partial charge in [0, 0.05) is 19.3 Å². The number of hydrogen-bond donors (Lipinski definition) is 1. The molecule has 5 nitrogen and oxygen atoms in total.